The number of anilines is 1. The topological polar surface area (TPSA) is 41.4 Å². The second-order valence-corrected chi connectivity index (χ2v) is 6.54. The second kappa shape index (κ2) is 6.56. The van der Waals surface area contributed by atoms with Crippen LogP contribution in [0.3, 0.4) is 0 Å². The third-order valence-corrected chi connectivity index (χ3v) is 4.97. The zero-order valence-corrected chi connectivity index (χ0v) is 13.9. The number of piperazine rings is 1. The summed E-state index contributed by atoms with van der Waals surface area (Å²) < 4.78 is 39.4. The number of aromatic nitrogens is 2. The highest BCUT2D eigenvalue weighted by Crippen LogP contribution is 2.29. The molecule has 1 saturated heterocycles. The Labute approximate surface area is 141 Å². The van der Waals surface area contributed by atoms with Crippen LogP contribution in [0.2, 0.25) is 0 Å². The first-order valence-electron chi connectivity index (χ1n) is 7.50. The molecule has 1 fully saturated rings. The van der Waals surface area contributed by atoms with E-state index >= 15 is 0 Å². The lowest BCUT2D eigenvalue weighted by atomic mass is 10.2. The van der Waals surface area contributed by atoms with Crippen LogP contribution in [0.15, 0.2) is 28.5 Å². The summed E-state index contributed by atoms with van der Waals surface area (Å²) in [6.07, 6.45) is -3.49. The number of alkyl halides is 3. The van der Waals surface area contributed by atoms with Crippen LogP contribution in [0.1, 0.15) is 11.3 Å². The summed E-state index contributed by atoms with van der Waals surface area (Å²) in [5.41, 5.74) is 0.203. The lowest BCUT2D eigenvalue weighted by Crippen LogP contribution is -2.47. The molecule has 3 rings (SSSR count). The molecular formula is C15H17F3N4OS. The van der Waals surface area contributed by atoms with Gasteiger partial charge in [0.2, 0.25) is 0 Å². The third kappa shape index (κ3) is 3.62. The summed E-state index contributed by atoms with van der Waals surface area (Å²) in [5, 5.41) is 1.84. The predicted octanol–water partition coefficient (Wildman–Crippen LogP) is 2.41. The molecule has 2 aromatic heterocycles. The van der Waals surface area contributed by atoms with Crippen LogP contribution in [0.25, 0.3) is 0 Å². The SMILES string of the molecule is Cc1csc(=O)n1CN1CCN(c2ccc(C(F)(F)F)cn2)CC1. The number of hydrogen-bond donors (Lipinski definition) is 0. The van der Waals surface area contributed by atoms with Crippen molar-refractivity contribution in [3.8, 4) is 0 Å². The molecule has 3 heterocycles. The quantitative estimate of drug-likeness (QED) is 0.845. The smallest absolute Gasteiger partial charge is 0.354 e. The van der Waals surface area contributed by atoms with Crippen LogP contribution in [0.4, 0.5) is 19.0 Å². The Hall–Kier alpha value is -1.87. The number of aryl methyl sites for hydroxylation is 1. The van der Waals surface area contributed by atoms with E-state index in [4.69, 9.17) is 0 Å². The molecule has 0 unspecified atom stereocenters. The van der Waals surface area contributed by atoms with E-state index in [0.717, 1.165) is 31.0 Å². The van der Waals surface area contributed by atoms with Crippen LogP contribution in [-0.2, 0) is 12.8 Å². The van der Waals surface area contributed by atoms with Crippen LogP contribution >= 0.6 is 11.3 Å². The Morgan fingerprint density at radius 1 is 1.21 bits per heavy atom. The first-order chi connectivity index (χ1) is 11.3. The average Bonchev–Trinajstić information content (AvgIpc) is 2.87. The molecule has 130 valence electrons. The van der Waals surface area contributed by atoms with Gasteiger partial charge < -0.3 is 4.90 Å². The van der Waals surface area contributed by atoms with Gasteiger partial charge in [0, 0.05) is 43.4 Å². The normalized spacial score (nSPS) is 16.6. The van der Waals surface area contributed by atoms with Gasteiger partial charge >= 0.3 is 11.0 Å². The van der Waals surface area contributed by atoms with Crippen LogP contribution in [0.5, 0.6) is 0 Å². The standard InChI is InChI=1S/C15H17F3N4OS/c1-11-9-24-14(23)22(11)10-20-4-6-21(7-5-20)13-3-2-12(8-19-13)15(16,17)18/h2-3,8-9H,4-7,10H2,1H3. The first-order valence-corrected chi connectivity index (χ1v) is 8.38. The van der Waals surface area contributed by atoms with Crippen molar-refractivity contribution in [3.63, 3.8) is 0 Å². The molecule has 0 saturated carbocycles. The first kappa shape index (κ1) is 17.0. The Balaban J connectivity index is 1.60. The summed E-state index contributed by atoms with van der Waals surface area (Å²) in [4.78, 5) is 19.8. The van der Waals surface area contributed by atoms with E-state index in [9.17, 15) is 18.0 Å². The van der Waals surface area contributed by atoms with E-state index in [0.29, 0.717) is 25.6 Å². The fourth-order valence-corrected chi connectivity index (χ4v) is 3.36. The molecule has 2 aromatic rings. The number of rotatable bonds is 3. The highest BCUT2D eigenvalue weighted by Gasteiger charge is 2.31. The lowest BCUT2D eigenvalue weighted by molar-refractivity contribution is -0.137. The molecule has 0 aliphatic carbocycles. The van der Waals surface area contributed by atoms with Crippen LogP contribution in [0, 0.1) is 6.92 Å². The molecule has 0 amide bonds. The van der Waals surface area contributed by atoms with Gasteiger partial charge in [0.1, 0.15) is 5.82 Å². The average molecular weight is 358 g/mol. The fourth-order valence-electron chi connectivity index (χ4n) is 2.64. The van der Waals surface area contributed by atoms with Gasteiger partial charge in [-0.25, -0.2) is 4.98 Å². The fraction of sp³-hybridized carbons (Fsp3) is 0.467. The van der Waals surface area contributed by atoms with Gasteiger partial charge in [-0.05, 0) is 19.1 Å². The highest BCUT2D eigenvalue weighted by molar-refractivity contribution is 7.07. The molecule has 5 nitrogen and oxygen atoms in total. The number of nitrogens with zero attached hydrogens (tertiary/aromatic N) is 4. The molecule has 0 N–H and O–H groups in total. The van der Waals surface area contributed by atoms with Gasteiger partial charge in [0.25, 0.3) is 0 Å². The number of hydrogen-bond acceptors (Lipinski definition) is 5. The van der Waals surface area contributed by atoms with E-state index in [1.54, 1.807) is 4.57 Å². The van der Waals surface area contributed by atoms with Crippen molar-refractivity contribution >= 4 is 17.2 Å². The van der Waals surface area contributed by atoms with Crippen molar-refractivity contribution in [1.82, 2.24) is 14.5 Å². The number of halogens is 3. The van der Waals surface area contributed by atoms with Crippen molar-refractivity contribution in [3.05, 3.63) is 44.6 Å². The maximum atomic E-state index is 12.6. The maximum Gasteiger partial charge on any atom is 0.417 e. The van der Waals surface area contributed by atoms with E-state index in [1.807, 2.05) is 17.2 Å². The van der Waals surface area contributed by atoms with Gasteiger partial charge in [-0.2, -0.15) is 13.2 Å². The lowest BCUT2D eigenvalue weighted by Gasteiger charge is -2.35. The summed E-state index contributed by atoms with van der Waals surface area (Å²) in [6.45, 7) is 5.23. The molecule has 0 atom stereocenters. The maximum absolute atomic E-state index is 12.6. The minimum atomic E-state index is -4.37. The molecule has 0 aromatic carbocycles. The zero-order valence-electron chi connectivity index (χ0n) is 13.1. The third-order valence-electron chi connectivity index (χ3n) is 4.09. The molecule has 9 heteroatoms. The summed E-state index contributed by atoms with van der Waals surface area (Å²) in [7, 11) is 0. The van der Waals surface area contributed by atoms with E-state index < -0.39 is 11.7 Å². The van der Waals surface area contributed by atoms with Gasteiger partial charge in [0.05, 0.1) is 12.2 Å². The Morgan fingerprint density at radius 2 is 1.92 bits per heavy atom. The van der Waals surface area contributed by atoms with Crippen LogP contribution in [-0.4, -0.2) is 40.6 Å². The Morgan fingerprint density at radius 3 is 2.42 bits per heavy atom. The molecular weight excluding hydrogens is 341 g/mol. The van der Waals surface area contributed by atoms with Gasteiger partial charge in [-0.3, -0.25) is 14.3 Å². The monoisotopic (exact) mass is 358 g/mol. The van der Waals surface area contributed by atoms with Crippen molar-refractivity contribution in [1.29, 1.82) is 0 Å². The Kier molecular flexibility index (Phi) is 4.64. The molecule has 24 heavy (non-hydrogen) atoms. The van der Waals surface area contributed by atoms with Crippen molar-refractivity contribution in [2.24, 2.45) is 0 Å². The van der Waals surface area contributed by atoms with Crippen LogP contribution < -0.4 is 9.77 Å². The van der Waals surface area contributed by atoms with Gasteiger partial charge in [0.15, 0.2) is 0 Å². The van der Waals surface area contributed by atoms with E-state index in [-0.39, 0.29) is 4.87 Å². The summed E-state index contributed by atoms with van der Waals surface area (Å²) >= 11 is 1.19. The minimum absolute atomic E-state index is 0.0272. The molecule has 0 spiro atoms. The van der Waals surface area contributed by atoms with Gasteiger partial charge in [-0.15, -0.1) is 0 Å². The molecule has 1 aliphatic rings. The summed E-state index contributed by atoms with van der Waals surface area (Å²) in [6, 6.07) is 2.47. The minimum Gasteiger partial charge on any atom is -0.354 e. The highest BCUT2D eigenvalue weighted by atomic mass is 32.1. The Bertz CT molecular complexity index is 745. The van der Waals surface area contributed by atoms with Gasteiger partial charge in [-0.1, -0.05) is 11.3 Å². The predicted molar refractivity (Wildman–Crippen MR) is 86.3 cm³/mol. The molecule has 1 aliphatic heterocycles. The second-order valence-electron chi connectivity index (χ2n) is 5.72. The van der Waals surface area contributed by atoms with Crippen molar-refractivity contribution in [2.75, 3.05) is 31.1 Å². The zero-order chi connectivity index (χ0) is 17.3. The van der Waals surface area contributed by atoms with E-state index in [2.05, 4.69) is 9.88 Å². The summed E-state index contributed by atoms with van der Waals surface area (Å²) in [5.74, 6) is 0.548. The number of pyridine rings is 1. The number of thiazole rings is 1. The molecule has 0 bridgehead atoms. The van der Waals surface area contributed by atoms with Crippen molar-refractivity contribution < 1.29 is 13.2 Å². The molecule has 0 radical (unpaired) electrons. The van der Waals surface area contributed by atoms with E-state index in [1.165, 1.54) is 17.4 Å². The largest absolute Gasteiger partial charge is 0.417 e. The van der Waals surface area contributed by atoms with Crippen molar-refractivity contribution in [2.45, 2.75) is 19.8 Å².